The number of nitro groups is 1. The lowest BCUT2D eigenvalue weighted by Crippen LogP contribution is -2.23. The van der Waals surface area contributed by atoms with E-state index in [0.717, 1.165) is 5.56 Å². The third-order valence-electron chi connectivity index (χ3n) is 3.13. The zero-order chi connectivity index (χ0) is 16.7. The number of hydrogen-bond acceptors (Lipinski definition) is 3. The third kappa shape index (κ3) is 5.35. The van der Waals surface area contributed by atoms with Crippen molar-refractivity contribution in [3.05, 3.63) is 81.7 Å². The van der Waals surface area contributed by atoms with Gasteiger partial charge in [-0.15, -0.1) is 0 Å². The molecule has 0 heterocycles. The first-order valence-electron chi connectivity index (χ1n) is 6.99. The van der Waals surface area contributed by atoms with Gasteiger partial charge < -0.3 is 5.32 Å². The van der Waals surface area contributed by atoms with Crippen LogP contribution in [0.1, 0.15) is 11.1 Å². The number of halogens is 1. The minimum absolute atomic E-state index is 0.0242. The van der Waals surface area contributed by atoms with E-state index in [1.165, 1.54) is 36.4 Å². The number of hydrogen-bond donors (Lipinski definition) is 1. The summed E-state index contributed by atoms with van der Waals surface area (Å²) in [6.45, 7) is 0.420. The molecule has 0 atom stereocenters. The molecule has 1 N–H and O–H groups in total. The zero-order valence-electron chi connectivity index (χ0n) is 12.2. The molecule has 2 rings (SSSR count). The molecular formula is C17H15FN2O3. The van der Waals surface area contributed by atoms with Crippen LogP contribution in [0.15, 0.2) is 54.6 Å². The molecule has 0 aliphatic heterocycles. The fourth-order valence-electron chi connectivity index (χ4n) is 1.95. The molecule has 2 aromatic rings. The second-order valence-electron chi connectivity index (χ2n) is 4.85. The Morgan fingerprint density at radius 3 is 2.65 bits per heavy atom. The molecular weight excluding hydrogens is 299 g/mol. The maximum atomic E-state index is 12.8. The van der Waals surface area contributed by atoms with E-state index >= 15 is 0 Å². The van der Waals surface area contributed by atoms with E-state index < -0.39 is 4.92 Å². The predicted octanol–water partition coefficient (Wildman–Crippen LogP) is 3.11. The van der Waals surface area contributed by atoms with E-state index in [9.17, 15) is 19.3 Å². The summed E-state index contributed by atoms with van der Waals surface area (Å²) < 4.78 is 12.8. The lowest BCUT2D eigenvalue weighted by molar-refractivity contribution is -0.384. The van der Waals surface area contributed by atoms with Gasteiger partial charge in [0.2, 0.25) is 5.91 Å². The number of non-ortho nitro benzene ring substituents is 1. The van der Waals surface area contributed by atoms with Gasteiger partial charge in [-0.3, -0.25) is 14.9 Å². The van der Waals surface area contributed by atoms with Gasteiger partial charge in [-0.2, -0.15) is 0 Å². The monoisotopic (exact) mass is 314 g/mol. The molecule has 0 saturated heterocycles. The Kier molecular flexibility index (Phi) is 5.57. The summed E-state index contributed by atoms with van der Waals surface area (Å²) in [4.78, 5) is 21.9. The number of nitro benzene ring substituents is 1. The van der Waals surface area contributed by atoms with Crippen molar-refractivity contribution in [3.8, 4) is 0 Å². The summed E-state index contributed by atoms with van der Waals surface area (Å²) in [5, 5.41) is 13.4. The van der Waals surface area contributed by atoms with Crippen molar-refractivity contribution in [1.82, 2.24) is 5.32 Å². The van der Waals surface area contributed by atoms with Crippen LogP contribution in [0.3, 0.4) is 0 Å². The SMILES string of the molecule is O=C(C=Cc1cccc([N+](=O)[O-])c1)NCCc1ccc(F)cc1. The number of carbonyl (C=O) groups excluding carboxylic acids is 1. The Hall–Kier alpha value is -3.02. The Bertz CT molecular complexity index is 727. The molecule has 1 amide bonds. The van der Waals surface area contributed by atoms with Crippen molar-refractivity contribution in [2.45, 2.75) is 6.42 Å². The van der Waals surface area contributed by atoms with Gasteiger partial charge in [0.25, 0.3) is 5.69 Å². The lowest BCUT2D eigenvalue weighted by Gasteiger charge is -2.02. The first-order chi connectivity index (χ1) is 11.0. The van der Waals surface area contributed by atoms with Gasteiger partial charge in [-0.05, 0) is 35.8 Å². The van der Waals surface area contributed by atoms with Gasteiger partial charge in [0.15, 0.2) is 0 Å². The van der Waals surface area contributed by atoms with Crippen molar-refractivity contribution in [2.24, 2.45) is 0 Å². The van der Waals surface area contributed by atoms with Crippen LogP contribution in [-0.4, -0.2) is 17.4 Å². The molecule has 23 heavy (non-hydrogen) atoms. The van der Waals surface area contributed by atoms with Crippen LogP contribution in [0.2, 0.25) is 0 Å². The molecule has 0 bridgehead atoms. The quantitative estimate of drug-likeness (QED) is 0.506. The standard InChI is InChI=1S/C17H15FN2O3/c18-15-7-4-13(5-8-15)10-11-19-17(21)9-6-14-2-1-3-16(12-14)20(22)23/h1-9,12H,10-11H2,(H,19,21). The molecule has 6 heteroatoms. The summed E-state index contributed by atoms with van der Waals surface area (Å²) in [6.07, 6.45) is 3.43. The molecule has 0 radical (unpaired) electrons. The zero-order valence-corrected chi connectivity index (χ0v) is 12.2. The first kappa shape index (κ1) is 16.4. The van der Waals surface area contributed by atoms with Crippen LogP contribution >= 0.6 is 0 Å². The van der Waals surface area contributed by atoms with Crippen molar-refractivity contribution in [2.75, 3.05) is 6.54 Å². The van der Waals surface area contributed by atoms with E-state index in [2.05, 4.69) is 5.32 Å². The van der Waals surface area contributed by atoms with Crippen LogP contribution in [0, 0.1) is 15.9 Å². The average Bonchev–Trinajstić information content (AvgIpc) is 2.55. The molecule has 0 fully saturated rings. The molecule has 0 unspecified atom stereocenters. The van der Waals surface area contributed by atoms with Gasteiger partial charge in [0, 0.05) is 24.8 Å². The number of amides is 1. The fourth-order valence-corrected chi connectivity index (χ4v) is 1.95. The maximum absolute atomic E-state index is 12.8. The Labute approximate surface area is 132 Å². The summed E-state index contributed by atoms with van der Waals surface area (Å²) in [5.74, 6) is -0.587. The molecule has 0 aromatic heterocycles. The number of benzene rings is 2. The second-order valence-corrected chi connectivity index (χ2v) is 4.85. The van der Waals surface area contributed by atoms with Crippen molar-refractivity contribution in [3.63, 3.8) is 0 Å². The average molecular weight is 314 g/mol. The molecule has 0 spiro atoms. The predicted molar refractivity (Wildman–Crippen MR) is 85.2 cm³/mol. The van der Waals surface area contributed by atoms with Crippen LogP contribution in [0.4, 0.5) is 10.1 Å². The maximum Gasteiger partial charge on any atom is 0.270 e. The van der Waals surface area contributed by atoms with Crippen molar-refractivity contribution < 1.29 is 14.1 Å². The van der Waals surface area contributed by atoms with Gasteiger partial charge >= 0.3 is 0 Å². The smallest absolute Gasteiger partial charge is 0.270 e. The highest BCUT2D eigenvalue weighted by atomic mass is 19.1. The van der Waals surface area contributed by atoms with E-state index in [4.69, 9.17) is 0 Å². The second kappa shape index (κ2) is 7.84. The van der Waals surface area contributed by atoms with Crippen LogP contribution < -0.4 is 5.32 Å². The number of nitrogens with zero attached hydrogens (tertiary/aromatic N) is 1. The number of carbonyl (C=O) groups is 1. The molecule has 0 saturated carbocycles. The summed E-state index contributed by atoms with van der Waals surface area (Å²) in [6, 6.07) is 12.1. The van der Waals surface area contributed by atoms with Crippen molar-refractivity contribution >= 4 is 17.7 Å². The Morgan fingerprint density at radius 2 is 1.96 bits per heavy atom. The topological polar surface area (TPSA) is 72.2 Å². The Balaban J connectivity index is 1.83. The molecule has 2 aromatic carbocycles. The molecule has 0 aliphatic carbocycles. The first-order valence-corrected chi connectivity index (χ1v) is 6.99. The summed E-state index contributed by atoms with van der Waals surface area (Å²) >= 11 is 0. The highest BCUT2D eigenvalue weighted by Gasteiger charge is 2.04. The van der Waals surface area contributed by atoms with E-state index in [-0.39, 0.29) is 17.4 Å². The summed E-state index contributed by atoms with van der Waals surface area (Å²) in [5.41, 5.74) is 1.48. The molecule has 118 valence electrons. The minimum Gasteiger partial charge on any atom is -0.352 e. The van der Waals surface area contributed by atoms with Gasteiger partial charge in [0.05, 0.1) is 4.92 Å². The highest BCUT2D eigenvalue weighted by molar-refractivity contribution is 5.91. The van der Waals surface area contributed by atoms with E-state index in [0.29, 0.717) is 18.5 Å². The van der Waals surface area contributed by atoms with Gasteiger partial charge in [-0.1, -0.05) is 24.3 Å². The fraction of sp³-hybridized carbons (Fsp3) is 0.118. The summed E-state index contributed by atoms with van der Waals surface area (Å²) in [7, 11) is 0. The lowest BCUT2D eigenvalue weighted by atomic mass is 10.1. The van der Waals surface area contributed by atoms with Gasteiger partial charge in [0.1, 0.15) is 5.82 Å². The molecule has 0 aliphatic rings. The normalized spacial score (nSPS) is 10.7. The van der Waals surface area contributed by atoms with Crippen LogP contribution in [-0.2, 0) is 11.2 Å². The minimum atomic E-state index is -0.486. The van der Waals surface area contributed by atoms with Gasteiger partial charge in [-0.25, -0.2) is 4.39 Å². The number of nitrogens with one attached hydrogen (secondary N) is 1. The molecule has 5 nitrogen and oxygen atoms in total. The van der Waals surface area contributed by atoms with E-state index in [1.807, 2.05) is 0 Å². The highest BCUT2D eigenvalue weighted by Crippen LogP contribution is 2.13. The number of rotatable bonds is 6. The van der Waals surface area contributed by atoms with E-state index in [1.54, 1.807) is 24.3 Å². The van der Waals surface area contributed by atoms with Crippen molar-refractivity contribution in [1.29, 1.82) is 0 Å². The van der Waals surface area contributed by atoms with Crippen LogP contribution in [0.5, 0.6) is 0 Å². The largest absolute Gasteiger partial charge is 0.352 e. The Morgan fingerprint density at radius 1 is 1.22 bits per heavy atom. The van der Waals surface area contributed by atoms with Crippen LogP contribution in [0.25, 0.3) is 6.08 Å². The third-order valence-corrected chi connectivity index (χ3v) is 3.13.